The summed E-state index contributed by atoms with van der Waals surface area (Å²) in [6.07, 6.45) is 2.82. The number of nitrogens with zero attached hydrogens (tertiary/aromatic N) is 4. The van der Waals surface area contributed by atoms with E-state index in [9.17, 15) is 29.1 Å². The van der Waals surface area contributed by atoms with Crippen molar-refractivity contribution in [3.8, 4) is 5.75 Å². The molecule has 1 aromatic carbocycles. The van der Waals surface area contributed by atoms with Gasteiger partial charge in [0.25, 0.3) is 0 Å². The number of carbonyl (C=O) groups excluding carboxylic acids is 5. The smallest absolute Gasteiger partial charge is 0.329 e. The van der Waals surface area contributed by atoms with Crippen LogP contribution in [0.1, 0.15) is 86.6 Å². The summed E-state index contributed by atoms with van der Waals surface area (Å²) >= 11 is 1.56. The first-order chi connectivity index (χ1) is 26.2. The maximum atomic E-state index is 14.2. The number of thioether (sulfide) groups is 1. The lowest BCUT2D eigenvalue weighted by Gasteiger charge is -2.36. The van der Waals surface area contributed by atoms with E-state index in [4.69, 9.17) is 14.5 Å². The first-order valence-electron chi connectivity index (χ1n) is 19.8. The molecule has 3 heterocycles. The van der Waals surface area contributed by atoms with E-state index in [0.29, 0.717) is 49.3 Å². The Labute approximate surface area is 337 Å². The zero-order valence-electron chi connectivity index (χ0n) is 35.0. The number of cyclic esters (lactones) is 1. The Morgan fingerprint density at radius 2 is 1.57 bits per heavy atom. The molecule has 14 heteroatoms. The number of hydrogen-bond donors (Lipinski definition) is 2. The van der Waals surface area contributed by atoms with Crippen LogP contribution in [0.25, 0.3) is 0 Å². The van der Waals surface area contributed by atoms with E-state index in [1.54, 1.807) is 57.9 Å². The predicted octanol–water partition coefficient (Wildman–Crippen LogP) is 4.25. The third-order valence-corrected chi connectivity index (χ3v) is 12.8. The molecule has 2 N–H and O–H groups in total. The fourth-order valence-electron chi connectivity index (χ4n) is 7.39. The van der Waals surface area contributed by atoms with E-state index >= 15 is 0 Å². The SMILES string of the molecule is COc1ccc(C[C@@H]2NC(=O)/C(C)=C/[C@H]3CSC(=N3)[C@H](C)[C@@H](O)C[C@H](C)C[C@@H](C(C)(C)C)OC(=O)[C@@H]3CCCN3C(=O)C(C)N(C)C(=O)[C@H](C)N(C)C2=O)cc1. The Morgan fingerprint density at radius 3 is 2.20 bits per heavy atom. The molecule has 1 aromatic rings. The van der Waals surface area contributed by atoms with Crippen molar-refractivity contribution in [2.24, 2.45) is 22.2 Å². The van der Waals surface area contributed by atoms with E-state index in [-0.39, 0.29) is 30.2 Å². The van der Waals surface area contributed by atoms with Crippen LogP contribution in [0.5, 0.6) is 5.75 Å². The molecular formula is C42H63N5O8S. The highest BCUT2D eigenvalue weighted by Gasteiger charge is 2.42. The van der Waals surface area contributed by atoms with Crippen LogP contribution >= 0.6 is 11.8 Å². The number of rotatable bonds is 3. The van der Waals surface area contributed by atoms with Crippen LogP contribution in [-0.4, -0.2) is 130 Å². The summed E-state index contributed by atoms with van der Waals surface area (Å²) in [6.45, 7) is 15.3. The number of fused-ring (bicyclic) bond motifs is 2. The molecule has 1 saturated heterocycles. The topological polar surface area (TPSA) is 158 Å². The molecule has 2 bridgehead atoms. The van der Waals surface area contributed by atoms with Gasteiger partial charge in [-0.25, -0.2) is 4.79 Å². The van der Waals surface area contributed by atoms with Crippen LogP contribution in [0.3, 0.4) is 0 Å². The van der Waals surface area contributed by atoms with Crippen LogP contribution in [0, 0.1) is 17.3 Å². The van der Waals surface area contributed by atoms with Crippen molar-refractivity contribution in [2.75, 3.05) is 33.5 Å². The van der Waals surface area contributed by atoms with Gasteiger partial charge < -0.3 is 34.6 Å². The second kappa shape index (κ2) is 19.0. The Bertz CT molecular complexity index is 1660. The molecule has 9 atom stereocenters. The van der Waals surface area contributed by atoms with Crippen molar-refractivity contribution >= 4 is 46.4 Å². The molecule has 0 radical (unpaired) electrons. The fourth-order valence-corrected chi connectivity index (χ4v) is 8.53. The number of aliphatic hydroxyl groups is 1. The van der Waals surface area contributed by atoms with Gasteiger partial charge in [0.15, 0.2) is 0 Å². The normalized spacial score (nSPS) is 32.1. The highest BCUT2D eigenvalue weighted by Crippen LogP contribution is 2.34. The summed E-state index contributed by atoms with van der Waals surface area (Å²) in [5, 5.41) is 15.1. The van der Waals surface area contributed by atoms with Crippen LogP contribution in [0.15, 0.2) is 40.9 Å². The van der Waals surface area contributed by atoms with Gasteiger partial charge in [-0.3, -0.25) is 24.2 Å². The molecule has 3 aliphatic rings. The van der Waals surface area contributed by atoms with Crippen LogP contribution in [0.4, 0.5) is 0 Å². The summed E-state index contributed by atoms with van der Waals surface area (Å²) < 4.78 is 11.5. The number of ether oxygens (including phenoxy) is 2. The van der Waals surface area contributed by atoms with Gasteiger partial charge in [-0.1, -0.05) is 52.8 Å². The summed E-state index contributed by atoms with van der Waals surface area (Å²) in [7, 11) is 4.59. The van der Waals surface area contributed by atoms with Crippen LogP contribution in [0.2, 0.25) is 0 Å². The number of aliphatic hydroxyl groups excluding tert-OH is 1. The standard InChI is InChI=1S/C42H63N5O8S/c1-24-19-34(48)26(3)37-43-30(23-56-37)21-25(2)36(49)44-32(22-29-14-16-31(54-11)17-15-29)40(52)46(10)27(4)38(50)45(9)28(5)39(51)47-18-12-13-33(47)41(53)55-35(20-24)42(6,7)8/h14-17,21,24,26-28,30,32-35,48H,12-13,18-20,22-23H2,1-11H3,(H,44,49)/b25-21+/t24-,26+,27-,28?,30-,32-,33-,34-,35-/m0/s1. The molecule has 310 valence electrons. The average molecular weight is 798 g/mol. The van der Waals surface area contributed by atoms with Crippen molar-refractivity contribution in [3.63, 3.8) is 0 Å². The van der Waals surface area contributed by atoms with Gasteiger partial charge in [0.2, 0.25) is 23.6 Å². The van der Waals surface area contributed by atoms with E-state index in [0.717, 1.165) is 10.6 Å². The Kier molecular flexibility index (Phi) is 15.2. The molecule has 13 nitrogen and oxygen atoms in total. The molecule has 4 rings (SSSR count). The quantitative estimate of drug-likeness (QED) is 0.427. The highest BCUT2D eigenvalue weighted by molar-refractivity contribution is 8.14. The first-order valence-corrected chi connectivity index (χ1v) is 20.8. The van der Waals surface area contributed by atoms with Gasteiger partial charge in [0, 0.05) is 44.3 Å². The molecule has 0 spiro atoms. The molecule has 0 saturated carbocycles. The molecule has 4 amide bonds. The number of aliphatic imine (C=N–C) groups is 1. The highest BCUT2D eigenvalue weighted by atomic mass is 32.2. The molecule has 1 unspecified atom stereocenters. The van der Waals surface area contributed by atoms with Crippen molar-refractivity contribution in [1.29, 1.82) is 0 Å². The van der Waals surface area contributed by atoms with Gasteiger partial charge >= 0.3 is 5.97 Å². The molecule has 1 fully saturated rings. The Hall–Kier alpha value is -3.91. The van der Waals surface area contributed by atoms with E-state index in [1.165, 1.54) is 28.8 Å². The minimum absolute atomic E-state index is 0.00211. The fraction of sp³-hybridized carbons (Fsp3) is 0.667. The number of nitrogens with one attached hydrogen (secondary N) is 1. The second-order valence-corrected chi connectivity index (χ2v) is 18.0. The average Bonchev–Trinajstić information content (AvgIpc) is 3.85. The lowest BCUT2D eigenvalue weighted by Crippen LogP contribution is -2.57. The maximum absolute atomic E-state index is 14.2. The second-order valence-electron chi connectivity index (χ2n) is 16.9. The summed E-state index contributed by atoms with van der Waals surface area (Å²) in [6, 6.07) is 3.15. The third-order valence-electron chi connectivity index (χ3n) is 11.5. The zero-order chi connectivity index (χ0) is 41.6. The predicted molar refractivity (Wildman–Crippen MR) is 218 cm³/mol. The van der Waals surface area contributed by atoms with E-state index in [1.807, 2.05) is 46.8 Å². The molecular weight excluding hydrogens is 735 g/mol. The number of esters is 1. The number of amides is 4. The van der Waals surface area contributed by atoms with Crippen molar-refractivity contribution < 1.29 is 38.6 Å². The Balaban J connectivity index is 1.68. The number of hydrogen-bond acceptors (Lipinski definition) is 10. The van der Waals surface area contributed by atoms with Gasteiger partial charge in [0.05, 0.1) is 24.3 Å². The monoisotopic (exact) mass is 797 g/mol. The van der Waals surface area contributed by atoms with Crippen LogP contribution < -0.4 is 10.1 Å². The minimum atomic E-state index is -1.03. The molecule has 0 aromatic heterocycles. The minimum Gasteiger partial charge on any atom is -0.497 e. The van der Waals surface area contributed by atoms with Crippen LogP contribution in [-0.2, 0) is 35.1 Å². The first kappa shape index (κ1) is 44.8. The van der Waals surface area contributed by atoms with Gasteiger partial charge in [-0.05, 0) is 75.5 Å². The third kappa shape index (κ3) is 10.9. The number of carbonyl (C=O) groups is 5. The summed E-state index contributed by atoms with van der Waals surface area (Å²) in [4.78, 5) is 78.6. The maximum Gasteiger partial charge on any atom is 0.329 e. The lowest BCUT2D eigenvalue weighted by atomic mass is 9.81. The molecule has 56 heavy (non-hydrogen) atoms. The number of methoxy groups -OCH3 is 1. The largest absolute Gasteiger partial charge is 0.497 e. The lowest BCUT2D eigenvalue weighted by molar-refractivity contribution is -0.165. The van der Waals surface area contributed by atoms with Crippen molar-refractivity contribution in [1.82, 2.24) is 20.0 Å². The molecule has 3 aliphatic heterocycles. The Morgan fingerprint density at radius 1 is 0.946 bits per heavy atom. The van der Waals surface area contributed by atoms with Gasteiger partial charge in [-0.2, -0.15) is 0 Å². The summed E-state index contributed by atoms with van der Waals surface area (Å²) in [5.41, 5.74) is 0.761. The zero-order valence-corrected chi connectivity index (χ0v) is 35.9. The van der Waals surface area contributed by atoms with Gasteiger partial charge in [0.1, 0.15) is 36.0 Å². The van der Waals surface area contributed by atoms with Gasteiger partial charge in [-0.15, -0.1) is 11.8 Å². The number of benzene rings is 1. The van der Waals surface area contributed by atoms with E-state index in [2.05, 4.69) is 5.32 Å². The van der Waals surface area contributed by atoms with Crippen molar-refractivity contribution in [3.05, 3.63) is 41.5 Å². The van der Waals surface area contributed by atoms with Crippen molar-refractivity contribution in [2.45, 2.75) is 130 Å². The number of likely N-dealkylation sites (N-methyl/N-ethyl adjacent to an activating group) is 2. The molecule has 0 aliphatic carbocycles. The van der Waals surface area contributed by atoms with E-state index < -0.39 is 65.5 Å². The summed E-state index contributed by atoms with van der Waals surface area (Å²) in [5.74, 6) is -1.23.